The molecule has 2 N–H and O–H groups in total. The fourth-order valence-corrected chi connectivity index (χ4v) is 1.66. The van der Waals surface area contributed by atoms with Crippen molar-refractivity contribution in [1.29, 1.82) is 0 Å². The number of carbonyl (C=O) groups is 3. The van der Waals surface area contributed by atoms with Gasteiger partial charge in [0.15, 0.2) is 0 Å². The Morgan fingerprint density at radius 2 is 1.48 bits per heavy atom. The number of anilines is 1. The van der Waals surface area contributed by atoms with Gasteiger partial charge in [-0.25, -0.2) is 14.4 Å². The standard InChI is InChI=1S/C15H11NO5/c17-13(10-6-2-1-3-7-10)21-14(18)11-8-4-5-9-12(11)16-15(19)20/h1-9,16H,(H,19,20). The number of nitrogens with one attached hydrogen (secondary N) is 1. The van der Waals surface area contributed by atoms with Crippen LogP contribution >= 0.6 is 0 Å². The van der Waals surface area contributed by atoms with Gasteiger partial charge in [0.25, 0.3) is 0 Å². The lowest BCUT2D eigenvalue weighted by Gasteiger charge is -2.08. The molecule has 21 heavy (non-hydrogen) atoms. The summed E-state index contributed by atoms with van der Waals surface area (Å²) < 4.78 is 4.73. The SMILES string of the molecule is O=C(O)Nc1ccccc1C(=O)OC(=O)c1ccccc1. The first-order chi connectivity index (χ1) is 10.1. The van der Waals surface area contributed by atoms with Crippen molar-refractivity contribution in [3.63, 3.8) is 0 Å². The van der Waals surface area contributed by atoms with E-state index in [0.29, 0.717) is 0 Å². The molecule has 0 radical (unpaired) electrons. The number of carbonyl (C=O) groups excluding carboxylic acids is 2. The first kappa shape index (κ1) is 14.3. The van der Waals surface area contributed by atoms with Gasteiger partial charge in [0, 0.05) is 0 Å². The van der Waals surface area contributed by atoms with E-state index < -0.39 is 18.0 Å². The molecule has 6 heteroatoms. The van der Waals surface area contributed by atoms with E-state index in [1.54, 1.807) is 24.3 Å². The molecule has 0 spiro atoms. The Hall–Kier alpha value is -3.15. The summed E-state index contributed by atoms with van der Waals surface area (Å²) in [7, 11) is 0. The van der Waals surface area contributed by atoms with Crippen LogP contribution in [-0.2, 0) is 4.74 Å². The molecule has 0 fully saturated rings. The number of para-hydroxylation sites is 1. The van der Waals surface area contributed by atoms with Gasteiger partial charge < -0.3 is 9.84 Å². The van der Waals surface area contributed by atoms with Crippen LogP contribution in [0.1, 0.15) is 20.7 Å². The van der Waals surface area contributed by atoms with Gasteiger partial charge in [-0.3, -0.25) is 5.32 Å². The Morgan fingerprint density at radius 3 is 2.14 bits per heavy atom. The molecule has 0 unspecified atom stereocenters. The molecule has 1 amide bonds. The van der Waals surface area contributed by atoms with Crippen molar-refractivity contribution >= 4 is 23.7 Å². The lowest BCUT2D eigenvalue weighted by atomic mass is 10.2. The van der Waals surface area contributed by atoms with Gasteiger partial charge in [-0.1, -0.05) is 30.3 Å². The first-order valence-electron chi connectivity index (χ1n) is 5.98. The Balaban J connectivity index is 2.17. The highest BCUT2D eigenvalue weighted by Gasteiger charge is 2.18. The minimum atomic E-state index is -1.32. The normalized spacial score (nSPS) is 9.71. The molecule has 106 valence electrons. The fraction of sp³-hybridized carbons (Fsp3) is 0. The molecule has 0 saturated carbocycles. The van der Waals surface area contributed by atoms with Gasteiger partial charge in [-0.15, -0.1) is 0 Å². The summed E-state index contributed by atoms with van der Waals surface area (Å²) >= 11 is 0. The van der Waals surface area contributed by atoms with Crippen molar-refractivity contribution in [2.24, 2.45) is 0 Å². The first-order valence-corrected chi connectivity index (χ1v) is 5.98. The van der Waals surface area contributed by atoms with Crippen molar-refractivity contribution in [3.05, 3.63) is 65.7 Å². The van der Waals surface area contributed by atoms with Gasteiger partial charge in [0.05, 0.1) is 16.8 Å². The van der Waals surface area contributed by atoms with E-state index in [-0.39, 0.29) is 16.8 Å². The van der Waals surface area contributed by atoms with E-state index in [1.807, 2.05) is 0 Å². The van der Waals surface area contributed by atoms with Crippen molar-refractivity contribution in [1.82, 2.24) is 0 Å². The van der Waals surface area contributed by atoms with E-state index in [4.69, 9.17) is 9.84 Å². The zero-order valence-corrected chi connectivity index (χ0v) is 10.8. The van der Waals surface area contributed by atoms with E-state index >= 15 is 0 Å². The van der Waals surface area contributed by atoms with E-state index in [2.05, 4.69) is 5.32 Å². The third kappa shape index (κ3) is 3.66. The summed E-state index contributed by atoms with van der Waals surface area (Å²) in [5.41, 5.74) is 0.245. The number of amides is 1. The van der Waals surface area contributed by atoms with Crippen LogP contribution in [0.4, 0.5) is 10.5 Å². The Labute approximate surface area is 120 Å². The highest BCUT2D eigenvalue weighted by Crippen LogP contribution is 2.17. The second-order valence-electron chi connectivity index (χ2n) is 4.02. The van der Waals surface area contributed by atoms with Gasteiger partial charge in [-0.2, -0.15) is 0 Å². The number of hydrogen-bond donors (Lipinski definition) is 2. The van der Waals surface area contributed by atoms with Crippen LogP contribution in [0.3, 0.4) is 0 Å². The number of carboxylic acid groups (broad SMARTS) is 1. The second kappa shape index (κ2) is 6.33. The number of hydrogen-bond acceptors (Lipinski definition) is 4. The second-order valence-corrected chi connectivity index (χ2v) is 4.02. The molecule has 0 atom stereocenters. The maximum atomic E-state index is 12.0. The average Bonchev–Trinajstić information content (AvgIpc) is 2.48. The number of benzene rings is 2. The summed E-state index contributed by atoms with van der Waals surface area (Å²) in [4.78, 5) is 34.4. The van der Waals surface area contributed by atoms with Crippen molar-refractivity contribution in [3.8, 4) is 0 Å². The van der Waals surface area contributed by atoms with E-state index in [9.17, 15) is 14.4 Å². The average molecular weight is 285 g/mol. The predicted molar refractivity (Wildman–Crippen MR) is 74.3 cm³/mol. The van der Waals surface area contributed by atoms with Gasteiger partial charge in [0.2, 0.25) is 0 Å². The lowest BCUT2D eigenvalue weighted by Crippen LogP contribution is -2.16. The highest BCUT2D eigenvalue weighted by atomic mass is 16.6. The molecule has 0 bridgehead atoms. The third-order valence-corrected chi connectivity index (χ3v) is 2.58. The molecule has 0 aliphatic carbocycles. The largest absolute Gasteiger partial charge is 0.465 e. The molecule has 2 aromatic rings. The van der Waals surface area contributed by atoms with Crippen LogP contribution in [0.5, 0.6) is 0 Å². The minimum absolute atomic E-state index is 0.0378. The minimum Gasteiger partial charge on any atom is -0.465 e. The van der Waals surface area contributed by atoms with Crippen LogP contribution < -0.4 is 5.32 Å². The smallest absolute Gasteiger partial charge is 0.409 e. The molecule has 0 saturated heterocycles. The van der Waals surface area contributed by atoms with Crippen LogP contribution in [0.15, 0.2) is 54.6 Å². The molecule has 2 aromatic carbocycles. The Morgan fingerprint density at radius 1 is 0.857 bits per heavy atom. The van der Waals surface area contributed by atoms with Crippen molar-refractivity contribution in [2.75, 3.05) is 5.32 Å². The number of rotatable bonds is 3. The zero-order valence-electron chi connectivity index (χ0n) is 10.8. The molecule has 0 heterocycles. The topological polar surface area (TPSA) is 92.7 Å². The summed E-state index contributed by atoms with van der Waals surface area (Å²) in [5, 5.41) is 10.8. The Bertz CT molecular complexity index is 681. The predicted octanol–water partition coefficient (Wildman–Crippen LogP) is 2.77. The molecular formula is C15H11NO5. The quantitative estimate of drug-likeness (QED) is 0.668. The zero-order chi connectivity index (χ0) is 15.2. The molecule has 0 aliphatic rings. The summed E-state index contributed by atoms with van der Waals surface area (Å²) in [6.07, 6.45) is -1.32. The molecule has 2 rings (SSSR count). The lowest BCUT2D eigenvalue weighted by molar-refractivity contribution is 0.0398. The van der Waals surface area contributed by atoms with Gasteiger partial charge in [0.1, 0.15) is 0 Å². The Kier molecular flexibility index (Phi) is 4.30. The van der Waals surface area contributed by atoms with E-state index in [1.165, 1.54) is 30.3 Å². The summed E-state index contributed by atoms with van der Waals surface area (Å²) in [6.45, 7) is 0. The maximum absolute atomic E-state index is 12.0. The van der Waals surface area contributed by atoms with Gasteiger partial charge >= 0.3 is 18.0 Å². The fourth-order valence-electron chi connectivity index (χ4n) is 1.66. The summed E-state index contributed by atoms with van der Waals surface area (Å²) in [5.74, 6) is -1.72. The third-order valence-electron chi connectivity index (χ3n) is 2.58. The molecule has 0 aromatic heterocycles. The highest BCUT2D eigenvalue weighted by molar-refractivity contribution is 6.06. The number of esters is 2. The van der Waals surface area contributed by atoms with Crippen LogP contribution in [0.2, 0.25) is 0 Å². The van der Waals surface area contributed by atoms with Crippen LogP contribution in [0, 0.1) is 0 Å². The molecule has 0 aliphatic heterocycles. The number of ether oxygens (including phenoxy) is 1. The molecular weight excluding hydrogens is 274 g/mol. The summed E-state index contributed by atoms with van der Waals surface area (Å²) in [6, 6.07) is 13.9. The van der Waals surface area contributed by atoms with Crippen LogP contribution in [-0.4, -0.2) is 23.1 Å². The maximum Gasteiger partial charge on any atom is 0.409 e. The van der Waals surface area contributed by atoms with Crippen molar-refractivity contribution < 1.29 is 24.2 Å². The molecule has 6 nitrogen and oxygen atoms in total. The monoisotopic (exact) mass is 285 g/mol. The van der Waals surface area contributed by atoms with Crippen molar-refractivity contribution in [2.45, 2.75) is 0 Å². The van der Waals surface area contributed by atoms with Gasteiger partial charge in [-0.05, 0) is 24.3 Å². The van der Waals surface area contributed by atoms with E-state index in [0.717, 1.165) is 0 Å². The van der Waals surface area contributed by atoms with Crippen LogP contribution in [0.25, 0.3) is 0 Å².